The van der Waals surface area contributed by atoms with Gasteiger partial charge in [0.05, 0.1) is 18.7 Å². The molecule has 156 valence electrons. The van der Waals surface area contributed by atoms with E-state index in [0.29, 0.717) is 17.9 Å². The van der Waals surface area contributed by atoms with Crippen LogP contribution in [0.1, 0.15) is 27.5 Å². The molecule has 0 saturated carbocycles. The molecule has 0 spiro atoms. The molecule has 30 heavy (non-hydrogen) atoms. The summed E-state index contributed by atoms with van der Waals surface area (Å²) in [7, 11) is 3.33. The van der Waals surface area contributed by atoms with Crippen molar-refractivity contribution in [2.24, 2.45) is 0 Å². The molecule has 5 nitrogen and oxygen atoms in total. The molecule has 3 rings (SSSR count). The van der Waals surface area contributed by atoms with Crippen LogP contribution in [0.4, 0.5) is 0 Å². The molecule has 0 bridgehead atoms. The number of carbonyl (C=O) groups is 1. The van der Waals surface area contributed by atoms with Crippen molar-refractivity contribution in [1.29, 1.82) is 0 Å². The first kappa shape index (κ1) is 21.6. The zero-order chi connectivity index (χ0) is 21.3. The van der Waals surface area contributed by atoms with Crippen LogP contribution in [0.25, 0.3) is 0 Å². The summed E-state index contributed by atoms with van der Waals surface area (Å²) >= 11 is 0. The number of carbonyl (C=O) groups excluding carboxylic acids is 1. The minimum absolute atomic E-state index is 0.0182. The van der Waals surface area contributed by atoms with E-state index in [4.69, 9.17) is 9.47 Å². The Labute approximate surface area is 177 Å². The minimum Gasteiger partial charge on any atom is -0.491 e. The zero-order valence-electron chi connectivity index (χ0n) is 17.3. The monoisotopic (exact) mass is 405 g/mol. The number of aliphatic hydroxyl groups excluding tert-OH is 1. The van der Waals surface area contributed by atoms with Crippen molar-refractivity contribution in [3.63, 3.8) is 0 Å². The second kappa shape index (κ2) is 10.6. The average molecular weight is 405 g/mol. The maximum absolute atomic E-state index is 11.7. The summed E-state index contributed by atoms with van der Waals surface area (Å²) in [5.41, 5.74) is 2.73. The summed E-state index contributed by atoms with van der Waals surface area (Å²) in [6.07, 6.45) is -0.702. The Hall–Kier alpha value is -3.15. The lowest BCUT2D eigenvalue weighted by molar-refractivity contribution is 0.0598. The lowest BCUT2D eigenvalue weighted by Gasteiger charge is -2.30. The Bertz CT molecular complexity index is 891. The van der Waals surface area contributed by atoms with Gasteiger partial charge in [-0.25, -0.2) is 4.79 Å². The number of methoxy groups -OCH3 is 1. The number of hydrogen-bond donors (Lipinski definition) is 1. The molecule has 0 aliphatic rings. The van der Waals surface area contributed by atoms with Gasteiger partial charge in [-0.05, 0) is 36.4 Å². The van der Waals surface area contributed by atoms with E-state index in [-0.39, 0.29) is 12.6 Å². The zero-order valence-corrected chi connectivity index (χ0v) is 17.3. The molecular formula is C25H27NO4. The first-order chi connectivity index (χ1) is 14.6. The van der Waals surface area contributed by atoms with Gasteiger partial charge in [-0.1, -0.05) is 66.7 Å². The minimum atomic E-state index is -0.702. The first-order valence-electron chi connectivity index (χ1n) is 9.88. The number of rotatable bonds is 9. The van der Waals surface area contributed by atoms with Crippen molar-refractivity contribution in [2.45, 2.75) is 12.1 Å². The number of nitrogens with zero attached hydrogens (tertiary/aromatic N) is 1. The molecule has 0 aliphatic heterocycles. The van der Waals surface area contributed by atoms with Crippen LogP contribution in [0.2, 0.25) is 0 Å². The van der Waals surface area contributed by atoms with Crippen molar-refractivity contribution < 1.29 is 19.4 Å². The van der Waals surface area contributed by atoms with Crippen LogP contribution in [0.5, 0.6) is 5.75 Å². The third kappa shape index (κ3) is 5.69. The van der Waals surface area contributed by atoms with Gasteiger partial charge < -0.3 is 14.6 Å². The van der Waals surface area contributed by atoms with E-state index in [1.54, 1.807) is 24.3 Å². The fourth-order valence-corrected chi connectivity index (χ4v) is 3.49. The van der Waals surface area contributed by atoms with Crippen LogP contribution >= 0.6 is 0 Å². The SMILES string of the molecule is COC(=O)c1cccc(OC[C@@H](O)CN(C)C(c2ccccc2)c2ccccc2)c1. The largest absolute Gasteiger partial charge is 0.491 e. The highest BCUT2D eigenvalue weighted by molar-refractivity contribution is 5.89. The van der Waals surface area contributed by atoms with Gasteiger partial charge in [0.1, 0.15) is 18.5 Å². The van der Waals surface area contributed by atoms with Gasteiger partial charge >= 0.3 is 5.97 Å². The van der Waals surface area contributed by atoms with E-state index >= 15 is 0 Å². The molecule has 0 aromatic heterocycles. The lowest BCUT2D eigenvalue weighted by Crippen LogP contribution is -2.36. The number of ether oxygens (including phenoxy) is 2. The highest BCUT2D eigenvalue weighted by atomic mass is 16.5. The summed E-state index contributed by atoms with van der Waals surface area (Å²) < 4.78 is 10.4. The van der Waals surface area contributed by atoms with Gasteiger partial charge in [0.15, 0.2) is 0 Å². The van der Waals surface area contributed by atoms with E-state index in [1.807, 2.05) is 43.4 Å². The number of likely N-dealkylation sites (N-methyl/N-ethyl adjacent to an activating group) is 1. The molecule has 0 aliphatic carbocycles. The van der Waals surface area contributed by atoms with E-state index in [2.05, 4.69) is 29.2 Å². The van der Waals surface area contributed by atoms with Crippen LogP contribution in [0.15, 0.2) is 84.9 Å². The van der Waals surface area contributed by atoms with Crippen molar-refractivity contribution in [3.05, 3.63) is 102 Å². The van der Waals surface area contributed by atoms with Gasteiger partial charge in [-0.15, -0.1) is 0 Å². The topological polar surface area (TPSA) is 59.0 Å². The number of hydrogen-bond acceptors (Lipinski definition) is 5. The van der Waals surface area contributed by atoms with Gasteiger partial charge in [-0.3, -0.25) is 4.90 Å². The highest BCUT2D eigenvalue weighted by Gasteiger charge is 2.21. The van der Waals surface area contributed by atoms with E-state index in [1.165, 1.54) is 7.11 Å². The Morgan fingerprint density at radius 3 is 2.10 bits per heavy atom. The molecule has 0 unspecified atom stereocenters. The average Bonchev–Trinajstić information content (AvgIpc) is 2.79. The third-order valence-corrected chi connectivity index (χ3v) is 4.87. The molecule has 0 radical (unpaired) electrons. The molecular weight excluding hydrogens is 378 g/mol. The standard InChI is InChI=1S/C25H27NO4/c1-26(24(19-10-5-3-6-11-19)20-12-7-4-8-13-20)17-22(27)18-30-23-15-9-14-21(16-23)25(28)29-2/h3-16,22,24,27H,17-18H2,1-2H3/t22-/m0/s1. The normalized spacial score (nSPS) is 12.0. The summed E-state index contributed by atoms with van der Waals surface area (Å²) in [6.45, 7) is 0.538. The van der Waals surface area contributed by atoms with E-state index in [9.17, 15) is 9.90 Å². The fraction of sp³-hybridized carbons (Fsp3) is 0.240. The molecule has 5 heteroatoms. The molecule has 3 aromatic carbocycles. The van der Waals surface area contributed by atoms with Crippen LogP contribution in [-0.2, 0) is 4.74 Å². The molecule has 0 amide bonds. The molecule has 0 saturated heterocycles. The molecule has 0 fully saturated rings. The van der Waals surface area contributed by atoms with E-state index in [0.717, 1.165) is 11.1 Å². The maximum atomic E-state index is 11.7. The summed E-state index contributed by atoms with van der Waals surface area (Å²) in [6, 6.07) is 27.2. The van der Waals surface area contributed by atoms with Crippen LogP contribution in [-0.4, -0.2) is 49.4 Å². The quantitative estimate of drug-likeness (QED) is 0.547. The maximum Gasteiger partial charge on any atom is 0.337 e. The van der Waals surface area contributed by atoms with Gasteiger partial charge in [-0.2, -0.15) is 0 Å². The smallest absolute Gasteiger partial charge is 0.337 e. The van der Waals surface area contributed by atoms with Gasteiger partial charge in [0, 0.05) is 6.54 Å². The Balaban J connectivity index is 1.66. The molecule has 1 atom stereocenters. The molecule has 3 aromatic rings. The summed E-state index contributed by atoms with van der Waals surface area (Å²) in [5.74, 6) is 0.0940. The Morgan fingerprint density at radius 1 is 0.933 bits per heavy atom. The number of benzene rings is 3. The van der Waals surface area contributed by atoms with Crippen LogP contribution < -0.4 is 4.74 Å². The van der Waals surface area contributed by atoms with Crippen molar-refractivity contribution in [2.75, 3.05) is 27.3 Å². The predicted molar refractivity (Wildman–Crippen MR) is 117 cm³/mol. The Kier molecular flexibility index (Phi) is 7.60. The van der Waals surface area contributed by atoms with Crippen molar-refractivity contribution >= 4 is 5.97 Å². The number of esters is 1. The fourth-order valence-electron chi connectivity index (χ4n) is 3.49. The van der Waals surface area contributed by atoms with E-state index < -0.39 is 12.1 Å². The van der Waals surface area contributed by atoms with Gasteiger partial charge in [0.25, 0.3) is 0 Å². The molecule has 0 heterocycles. The second-order valence-electron chi connectivity index (χ2n) is 7.15. The van der Waals surface area contributed by atoms with Crippen molar-refractivity contribution in [1.82, 2.24) is 4.90 Å². The highest BCUT2D eigenvalue weighted by Crippen LogP contribution is 2.27. The third-order valence-electron chi connectivity index (χ3n) is 4.87. The number of aliphatic hydroxyl groups is 1. The summed E-state index contributed by atoms with van der Waals surface area (Å²) in [5, 5.41) is 10.6. The molecule has 1 N–H and O–H groups in total. The second-order valence-corrected chi connectivity index (χ2v) is 7.15. The van der Waals surface area contributed by atoms with Crippen molar-refractivity contribution in [3.8, 4) is 5.75 Å². The predicted octanol–water partition coefficient (Wildman–Crippen LogP) is 3.93. The summed E-state index contributed by atoms with van der Waals surface area (Å²) in [4.78, 5) is 13.8. The first-order valence-corrected chi connectivity index (χ1v) is 9.88. The van der Waals surface area contributed by atoms with Gasteiger partial charge in [0.2, 0.25) is 0 Å². The Morgan fingerprint density at radius 2 is 1.53 bits per heavy atom. The van der Waals surface area contributed by atoms with Crippen LogP contribution in [0.3, 0.4) is 0 Å². The lowest BCUT2D eigenvalue weighted by atomic mass is 9.97. The van der Waals surface area contributed by atoms with Crippen LogP contribution in [0, 0.1) is 0 Å².